The van der Waals surface area contributed by atoms with Crippen molar-refractivity contribution in [2.24, 2.45) is 0 Å². The van der Waals surface area contributed by atoms with Gasteiger partial charge < -0.3 is 9.47 Å². The summed E-state index contributed by atoms with van der Waals surface area (Å²) in [6.07, 6.45) is 11.9. The highest BCUT2D eigenvalue weighted by atomic mass is 16.5. The largest absolute Gasteiger partial charge is 0.490 e. The van der Waals surface area contributed by atoms with Crippen molar-refractivity contribution in [2.75, 3.05) is 13.7 Å². The molecule has 0 aliphatic carbocycles. The van der Waals surface area contributed by atoms with Crippen molar-refractivity contribution in [3.8, 4) is 5.75 Å². The lowest BCUT2D eigenvalue weighted by atomic mass is 10.1. The molecule has 21 heavy (non-hydrogen) atoms. The van der Waals surface area contributed by atoms with Gasteiger partial charge >= 0.3 is 5.97 Å². The SMILES string of the molecule is CCCCCCCC=CCOc1ccc(C(=O)OC)cc1. The van der Waals surface area contributed by atoms with E-state index in [0.29, 0.717) is 12.2 Å². The standard InChI is InChI=1S/C18H26O3/c1-3-4-5-6-7-8-9-10-15-21-17-13-11-16(12-14-17)18(19)20-2/h9-14H,3-8,15H2,1-2H3. The van der Waals surface area contributed by atoms with Crippen LogP contribution in [0, 0.1) is 0 Å². The number of hydrogen-bond acceptors (Lipinski definition) is 3. The number of unbranched alkanes of at least 4 members (excludes halogenated alkanes) is 5. The van der Waals surface area contributed by atoms with Crippen LogP contribution in [0.1, 0.15) is 55.8 Å². The van der Waals surface area contributed by atoms with Gasteiger partial charge in [-0.25, -0.2) is 4.79 Å². The molecule has 0 spiro atoms. The van der Waals surface area contributed by atoms with Gasteiger partial charge in [0.2, 0.25) is 0 Å². The number of ether oxygens (including phenoxy) is 2. The maximum atomic E-state index is 11.3. The van der Waals surface area contributed by atoms with Gasteiger partial charge in [0.1, 0.15) is 12.4 Å². The van der Waals surface area contributed by atoms with Gasteiger partial charge in [0.05, 0.1) is 12.7 Å². The Balaban J connectivity index is 2.16. The molecule has 1 aromatic carbocycles. The minimum absolute atomic E-state index is 0.329. The van der Waals surface area contributed by atoms with Crippen LogP contribution >= 0.6 is 0 Å². The Morgan fingerprint density at radius 1 is 1.05 bits per heavy atom. The summed E-state index contributed by atoms with van der Waals surface area (Å²) in [4.78, 5) is 11.3. The van der Waals surface area contributed by atoms with Crippen molar-refractivity contribution >= 4 is 5.97 Å². The van der Waals surface area contributed by atoms with Crippen LogP contribution in [0.15, 0.2) is 36.4 Å². The van der Waals surface area contributed by atoms with Crippen LogP contribution in [0.4, 0.5) is 0 Å². The van der Waals surface area contributed by atoms with Crippen molar-refractivity contribution in [1.82, 2.24) is 0 Å². The van der Waals surface area contributed by atoms with Gasteiger partial charge in [-0.15, -0.1) is 0 Å². The van der Waals surface area contributed by atoms with E-state index in [0.717, 1.165) is 12.2 Å². The van der Waals surface area contributed by atoms with E-state index in [-0.39, 0.29) is 5.97 Å². The molecule has 3 nitrogen and oxygen atoms in total. The van der Waals surface area contributed by atoms with Crippen LogP contribution in [-0.4, -0.2) is 19.7 Å². The highest BCUT2D eigenvalue weighted by molar-refractivity contribution is 5.89. The number of carbonyl (C=O) groups excluding carboxylic acids is 1. The molecule has 1 aromatic rings. The summed E-state index contributed by atoms with van der Waals surface area (Å²) in [5.74, 6) is 0.430. The second-order valence-electron chi connectivity index (χ2n) is 5.00. The van der Waals surface area contributed by atoms with Gasteiger partial charge in [-0.1, -0.05) is 44.8 Å². The molecule has 1 rings (SSSR count). The molecule has 0 N–H and O–H groups in total. The first-order valence-corrected chi connectivity index (χ1v) is 7.74. The number of methoxy groups -OCH3 is 1. The average molecular weight is 290 g/mol. The summed E-state index contributed by atoms with van der Waals surface area (Å²) in [6.45, 7) is 2.79. The zero-order valence-corrected chi connectivity index (χ0v) is 13.1. The summed E-state index contributed by atoms with van der Waals surface area (Å²) < 4.78 is 10.2. The van der Waals surface area contributed by atoms with E-state index in [1.807, 2.05) is 6.08 Å². The molecule has 0 aromatic heterocycles. The Bertz CT molecular complexity index is 421. The lowest BCUT2D eigenvalue weighted by Gasteiger charge is -2.04. The fourth-order valence-corrected chi connectivity index (χ4v) is 2.00. The van der Waals surface area contributed by atoms with E-state index in [4.69, 9.17) is 4.74 Å². The normalized spacial score (nSPS) is 10.8. The second kappa shape index (κ2) is 11.0. The molecule has 0 bridgehead atoms. The van der Waals surface area contributed by atoms with Gasteiger partial charge in [0, 0.05) is 0 Å². The minimum Gasteiger partial charge on any atom is -0.490 e. The monoisotopic (exact) mass is 290 g/mol. The van der Waals surface area contributed by atoms with E-state index in [2.05, 4.69) is 17.7 Å². The molecular formula is C18H26O3. The molecule has 0 heterocycles. The molecule has 0 aliphatic rings. The highest BCUT2D eigenvalue weighted by Gasteiger charge is 2.03. The molecule has 0 aliphatic heterocycles. The van der Waals surface area contributed by atoms with Crippen LogP contribution < -0.4 is 4.74 Å². The zero-order valence-electron chi connectivity index (χ0n) is 13.1. The van der Waals surface area contributed by atoms with E-state index in [1.54, 1.807) is 24.3 Å². The molecule has 0 fully saturated rings. The van der Waals surface area contributed by atoms with Crippen LogP contribution in [0.5, 0.6) is 5.75 Å². The van der Waals surface area contributed by atoms with E-state index in [1.165, 1.54) is 39.2 Å². The third-order valence-electron chi connectivity index (χ3n) is 3.26. The van der Waals surface area contributed by atoms with Gasteiger partial charge in [0.25, 0.3) is 0 Å². The average Bonchev–Trinajstić information content (AvgIpc) is 2.53. The maximum absolute atomic E-state index is 11.3. The summed E-state index contributed by atoms with van der Waals surface area (Å²) in [6, 6.07) is 6.98. The van der Waals surface area contributed by atoms with Crippen LogP contribution in [0.3, 0.4) is 0 Å². The summed E-state index contributed by atoms with van der Waals surface area (Å²) in [5, 5.41) is 0. The third kappa shape index (κ3) is 7.54. The molecular weight excluding hydrogens is 264 g/mol. The van der Waals surface area contributed by atoms with Gasteiger partial charge in [-0.3, -0.25) is 0 Å². The molecule has 0 amide bonds. The number of rotatable bonds is 10. The van der Waals surface area contributed by atoms with Gasteiger partial charge in [-0.05, 0) is 37.1 Å². The Kier molecular flexibility index (Phi) is 9.01. The van der Waals surface area contributed by atoms with Crippen molar-refractivity contribution in [2.45, 2.75) is 45.4 Å². The van der Waals surface area contributed by atoms with E-state index < -0.39 is 0 Å². The molecule has 0 atom stereocenters. The number of carbonyl (C=O) groups is 1. The predicted octanol–water partition coefficient (Wildman–Crippen LogP) is 4.77. The van der Waals surface area contributed by atoms with E-state index in [9.17, 15) is 4.79 Å². The summed E-state index contributed by atoms with van der Waals surface area (Å²) in [7, 11) is 1.37. The Hall–Kier alpha value is -1.77. The quantitative estimate of drug-likeness (QED) is 0.354. The Morgan fingerprint density at radius 3 is 2.43 bits per heavy atom. The topological polar surface area (TPSA) is 35.5 Å². The molecule has 3 heteroatoms. The summed E-state index contributed by atoms with van der Waals surface area (Å²) in [5.41, 5.74) is 0.535. The first kappa shape index (κ1) is 17.3. The number of benzene rings is 1. The molecule has 0 unspecified atom stereocenters. The maximum Gasteiger partial charge on any atom is 0.337 e. The van der Waals surface area contributed by atoms with Crippen LogP contribution in [0.2, 0.25) is 0 Å². The predicted molar refractivity (Wildman–Crippen MR) is 85.8 cm³/mol. The second-order valence-corrected chi connectivity index (χ2v) is 5.00. The van der Waals surface area contributed by atoms with Crippen molar-refractivity contribution in [3.05, 3.63) is 42.0 Å². The zero-order chi connectivity index (χ0) is 15.3. The van der Waals surface area contributed by atoms with Crippen molar-refractivity contribution in [3.63, 3.8) is 0 Å². The van der Waals surface area contributed by atoms with Crippen molar-refractivity contribution in [1.29, 1.82) is 0 Å². The fraction of sp³-hybridized carbons (Fsp3) is 0.500. The smallest absolute Gasteiger partial charge is 0.337 e. The van der Waals surface area contributed by atoms with Crippen LogP contribution in [0.25, 0.3) is 0 Å². The lowest BCUT2D eigenvalue weighted by molar-refractivity contribution is 0.0600. The Labute approximate surface area is 128 Å². The summed E-state index contributed by atoms with van der Waals surface area (Å²) >= 11 is 0. The minimum atomic E-state index is -0.329. The molecule has 0 radical (unpaired) electrons. The van der Waals surface area contributed by atoms with Gasteiger partial charge in [0.15, 0.2) is 0 Å². The molecule has 0 saturated heterocycles. The lowest BCUT2D eigenvalue weighted by Crippen LogP contribution is -2.01. The number of hydrogen-bond donors (Lipinski definition) is 0. The number of esters is 1. The first-order chi connectivity index (χ1) is 10.3. The Morgan fingerprint density at radius 2 is 1.76 bits per heavy atom. The first-order valence-electron chi connectivity index (χ1n) is 7.74. The fourth-order valence-electron chi connectivity index (χ4n) is 2.00. The van der Waals surface area contributed by atoms with Crippen LogP contribution in [-0.2, 0) is 4.74 Å². The third-order valence-corrected chi connectivity index (χ3v) is 3.26. The number of allylic oxidation sites excluding steroid dienone is 1. The van der Waals surface area contributed by atoms with Gasteiger partial charge in [-0.2, -0.15) is 0 Å². The van der Waals surface area contributed by atoms with E-state index >= 15 is 0 Å². The van der Waals surface area contributed by atoms with Crippen molar-refractivity contribution < 1.29 is 14.3 Å². The highest BCUT2D eigenvalue weighted by Crippen LogP contribution is 2.13. The molecule has 0 saturated carbocycles. The molecule has 116 valence electrons.